The Morgan fingerprint density at radius 3 is 2.74 bits per heavy atom. The zero-order valence-electron chi connectivity index (χ0n) is 13.2. The third-order valence-electron chi connectivity index (χ3n) is 5.93. The fourth-order valence-electron chi connectivity index (χ4n) is 4.68. The van der Waals surface area contributed by atoms with Gasteiger partial charge in [-0.15, -0.1) is 0 Å². The Labute approximate surface area is 136 Å². The van der Waals surface area contributed by atoms with Gasteiger partial charge in [0.1, 0.15) is 13.2 Å². The molecule has 1 saturated carbocycles. The average Bonchev–Trinajstić information content (AvgIpc) is 2.98. The third kappa shape index (κ3) is 1.86. The van der Waals surface area contributed by atoms with Gasteiger partial charge in [-0.1, -0.05) is 30.3 Å². The normalized spacial score (nSPS) is 30.3. The molecule has 2 aromatic rings. The van der Waals surface area contributed by atoms with Gasteiger partial charge in [-0.3, -0.25) is 0 Å². The van der Waals surface area contributed by atoms with Gasteiger partial charge in [0.05, 0.1) is 0 Å². The minimum atomic E-state index is -0.122. The highest BCUT2D eigenvalue weighted by Crippen LogP contribution is 2.63. The Morgan fingerprint density at radius 2 is 1.83 bits per heavy atom. The molecule has 0 saturated heterocycles. The van der Waals surface area contributed by atoms with Crippen molar-refractivity contribution in [2.24, 2.45) is 5.73 Å². The van der Waals surface area contributed by atoms with Crippen LogP contribution in [0.2, 0.25) is 0 Å². The predicted octanol–water partition coefficient (Wildman–Crippen LogP) is 2.99. The molecule has 1 aliphatic heterocycles. The van der Waals surface area contributed by atoms with Crippen molar-refractivity contribution in [3.8, 4) is 11.5 Å². The number of hydrogen-bond donors (Lipinski definition) is 1. The highest BCUT2D eigenvalue weighted by atomic mass is 16.6. The van der Waals surface area contributed by atoms with Crippen LogP contribution in [-0.2, 0) is 18.3 Å². The SMILES string of the molecule is N[C@]1(Cc2ccc3c(c2)OCCO3)C[C@]12CCc1ccccc12. The Balaban J connectivity index is 1.44. The molecule has 0 bridgehead atoms. The molecule has 1 fully saturated rings. The smallest absolute Gasteiger partial charge is 0.161 e. The van der Waals surface area contributed by atoms with Crippen LogP contribution in [0, 0.1) is 0 Å². The van der Waals surface area contributed by atoms with E-state index in [4.69, 9.17) is 15.2 Å². The summed E-state index contributed by atoms with van der Waals surface area (Å²) in [4.78, 5) is 0. The lowest BCUT2D eigenvalue weighted by atomic mass is 9.89. The van der Waals surface area contributed by atoms with Crippen molar-refractivity contribution in [3.05, 3.63) is 59.2 Å². The van der Waals surface area contributed by atoms with Crippen LogP contribution >= 0.6 is 0 Å². The Morgan fingerprint density at radius 1 is 1.00 bits per heavy atom. The summed E-state index contributed by atoms with van der Waals surface area (Å²) in [5.41, 5.74) is 11.1. The largest absolute Gasteiger partial charge is 0.486 e. The van der Waals surface area contributed by atoms with E-state index in [1.807, 2.05) is 6.07 Å². The van der Waals surface area contributed by atoms with Crippen LogP contribution < -0.4 is 15.2 Å². The topological polar surface area (TPSA) is 44.5 Å². The zero-order valence-corrected chi connectivity index (χ0v) is 13.2. The van der Waals surface area contributed by atoms with Gasteiger partial charge in [-0.05, 0) is 54.5 Å². The van der Waals surface area contributed by atoms with Crippen LogP contribution in [0.5, 0.6) is 11.5 Å². The number of fused-ring (bicyclic) bond motifs is 3. The fourth-order valence-corrected chi connectivity index (χ4v) is 4.68. The first-order chi connectivity index (χ1) is 11.2. The van der Waals surface area contributed by atoms with Gasteiger partial charge < -0.3 is 15.2 Å². The van der Waals surface area contributed by atoms with E-state index in [1.165, 1.54) is 23.1 Å². The molecule has 0 amide bonds. The van der Waals surface area contributed by atoms with Crippen molar-refractivity contribution in [2.75, 3.05) is 13.2 Å². The minimum Gasteiger partial charge on any atom is -0.486 e. The molecular weight excluding hydrogens is 286 g/mol. The zero-order chi connectivity index (χ0) is 15.5. The predicted molar refractivity (Wildman–Crippen MR) is 89.1 cm³/mol. The van der Waals surface area contributed by atoms with Crippen molar-refractivity contribution < 1.29 is 9.47 Å². The number of aryl methyl sites for hydroxylation is 1. The number of hydrogen-bond acceptors (Lipinski definition) is 3. The molecule has 2 aliphatic carbocycles. The van der Waals surface area contributed by atoms with Crippen LogP contribution in [0.4, 0.5) is 0 Å². The summed E-state index contributed by atoms with van der Waals surface area (Å²) in [6, 6.07) is 15.1. The van der Waals surface area contributed by atoms with E-state index in [2.05, 4.69) is 36.4 Å². The summed E-state index contributed by atoms with van der Waals surface area (Å²) >= 11 is 0. The molecular formula is C20H21NO2. The molecule has 1 heterocycles. The van der Waals surface area contributed by atoms with Crippen LogP contribution in [0.1, 0.15) is 29.5 Å². The van der Waals surface area contributed by atoms with Gasteiger partial charge in [-0.2, -0.15) is 0 Å². The van der Waals surface area contributed by atoms with E-state index in [0.717, 1.165) is 30.8 Å². The maximum Gasteiger partial charge on any atom is 0.161 e. The van der Waals surface area contributed by atoms with Gasteiger partial charge in [0.25, 0.3) is 0 Å². The Hall–Kier alpha value is -2.00. The van der Waals surface area contributed by atoms with Crippen LogP contribution in [0.25, 0.3) is 0 Å². The molecule has 3 aliphatic rings. The lowest BCUT2D eigenvalue weighted by Gasteiger charge is -2.22. The summed E-state index contributed by atoms with van der Waals surface area (Å²) < 4.78 is 11.3. The minimum absolute atomic E-state index is 0.122. The molecule has 0 aromatic heterocycles. The summed E-state index contributed by atoms with van der Waals surface area (Å²) in [5, 5.41) is 0. The molecule has 5 rings (SSSR count). The van der Waals surface area contributed by atoms with Crippen molar-refractivity contribution in [1.82, 2.24) is 0 Å². The maximum absolute atomic E-state index is 6.84. The van der Waals surface area contributed by atoms with Crippen molar-refractivity contribution >= 4 is 0 Å². The second kappa shape index (κ2) is 4.51. The van der Waals surface area contributed by atoms with Crippen molar-refractivity contribution in [3.63, 3.8) is 0 Å². The van der Waals surface area contributed by atoms with Crippen LogP contribution in [0.3, 0.4) is 0 Å². The van der Waals surface area contributed by atoms with Crippen molar-refractivity contribution in [1.29, 1.82) is 0 Å². The molecule has 3 nitrogen and oxygen atoms in total. The highest BCUT2D eigenvalue weighted by Gasteiger charge is 2.67. The first kappa shape index (κ1) is 13.4. The van der Waals surface area contributed by atoms with Gasteiger partial charge >= 0.3 is 0 Å². The summed E-state index contributed by atoms with van der Waals surface area (Å²) in [6.07, 6.45) is 4.34. The maximum atomic E-state index is 6.84. The van der Waals surface area contributed by atoms with E-state index < -0.39 is 0 Å². The standard InChI is InChI=1S/C20H21NO2/c21-20(12-14-5-6-17-18(11-14)23-10-9-22-17)13-19(20)8-7-15-3-1-2-4-16(15)19/h1-6,11H,7-10,12-13,21H2/t19-,20+/m0/s1. The van der Waals surface area contributed by atoms with E-state index in [-0.39, 0.29) is 11.0 Å². The van der Waals surface area contributed by atoms with Gasteiger partial charge in [0.15, 0.2) is 11.5 Å². The van der Waals surface area contributed by atoms with Crippen LogP contribution in [0.15, 0.2) is 42.5 Å². The average molecular weight is 307 g/mol. The first-order valence-corrected chi connectivity index (χ1v) is 8.46. The van der Waals surface area contributed by atoms with Crippen LogP contribution in [-0.4, -0.2) is 18.8 Å². The summed E-state index contributed by atoms with van der Waals surface area (Å²) in [7, 11) is 0. The van der Waals surface area contributed by atoms with E-state index >= 15 is 0 Å². The lowest BCUT2D eigenvalue weighted by Crippen LogP contribution is -2.34. The molecule has 3 heteroatoms. The summed E-state index contributed by atoms with van der Waals surface area (Å²) in [5.74, 6) is 1.71. The monoisotopic (exact) mass is 307 g/mol. The Bertz CT molecular complexity index is 787. The second-order valence-corrected chi connectivity index (χ2v) is 7.23. The van der Waals surface area contributed by atoms with E-state index in [9.17, 15) is 0 Å². The molecule has 118 valence electrons. The number of benzene rings is 2. The molecule has 0 radical (unpaired) electrons. The van der Waals surface area contributed by atoms with Gasteiger partial charge in [0.2, 0.25) is 0 Å². The third-order valence-corrected chi connectivity index (χ3v) is 5.93. The number of rotatable bonds is 2. The molecule has 2 atom stereocenters. The quantitative estimate of drug-likeness (QED) is 0.927. The Kier molecular flexibility index (Phi) is 2.64. The fraction of sp³-hybridized carbons (Fsp3) is 0.400. The molecule has 23 heavy (non-hydrogen) atoms. The van der Waals surface area contributed by atoms with Gasteiger partial charge in [-0.25, -0.2) is 0 Å². The highest BCUT2D eigenvalue weighted by molar-refractivity contribution is 5.52. The second-order valence-electron chi connectivity index (χ2n) is 7.23. The number of ether oxygens (including phenoxy) is 2. The van der Waals surface area contributed by atoms with E-state index in [0.29, 0.717) is 13.2 Å². The number of nitrogens with two attached hydrogens (primary N) is 1. The molecule has 2 aromatic carbocycles. The lowest BCUT2D eigenvalue weighted by molar-refractivity contribution is 0.171. The molecule has 0 unspecified atom stereocenters. The van der Waals surface area contributed by atoms with Gasteiger partial charge in [0, 0.05) is 11.0 Å². The molecule has 2 N–H and O–H groups in total. The molecule has 1 spiro atoms. The first-order valence-electron chi connectivity index (χ1n) is 8.46. The summed E-state index contributed by atoms with van der Waals surface area (Å²) in [6.45, 7) is 1.26. The van der Waals surface area contributed by atoms with E-state index in [1.54, 1.807) is 0 Å². The van der Waals surface area contributed by atoms with Crippen molar-refractivity contribution in [2.45, 2.75) is 36.6 Å².